The quantitative estimate of drug-likeness (QED) is 0.741. The van der Waals surface area contributed by atoms with Gasteiger partial charge in [-0.2, -0.15) is 0 Å². The van der Waals surface area contributed by atoms with Gasteiger partial charge in [-0.1, -0.05) is 19.8 Å². The molecule has 1 aromatic carbocycles. The number of rotatable bonds is 4. The first-order valence-electron chi connectivity index (χ1n) is 8.09. The number of ether oxygens (including phenoxy) is 1. The zero-order chi connectivity index (χ0) is 18.4. The fourth-order valence-corrected chi connectivity index (χ4v) is 3.17. The molecule has 0 aliphatic heterocycles. The van der Waals surface area contributed by atoms with E-state index in [2.05, 4.69) is 33.5 Å². The standard InChI is InChI=1S/C17H20BrFN2O4/c1-10-4-2-3-5-14(10)20-17(24)21-15(22)9-25-16(23)12-8-11(19)6-7-13(12)18/h6-8,10,14H,2-5,9H2,1H3,(H2,20,21,22,24)/t10-,14-/m1/s1. The fourth-order valence-electron chi connectivity index (χ4n) is 2.76. The second kappa shape index (κ2) is 8.94. The van der Waals surface area contributed by atoms with E-state index in [0.29, 0.717) is 10.4 Å². The van der Waals surface area contributed by atoms with Crippen LogP contribution in [0.3, 0.4) is 0 Å². The van der Waals surface area contributed by atoms with Gasteiger partial charge in [0, 0.05) is 10.5 Å². The third-order valence-electron chi connectivity index (χ3n) is 4.16. The van der Waals surface area contributed by atoms with Gasteiger partial charge in [-0.25, -0.2) is 14.0 Å². The molecular formula is C17H20BrFN2O4. The second-order valence-electron chi connectivity index (χ2n) is 6.09. The Labute approximate surface area is 153 Å². The van der Waals surface area contributed by atoms with Gasteiger partial charge in [-0.3, -0.25) is 10.1 Å². The van der Waals surface area contributed by atoms with Gasteiger partial charge < -0.3 is 10.1 Å². The van der Waals surface area contributed by atoms with Crippen LogP contribution in [0.5, 0.6) is 0 Å². The van der Waals surface area contributed by atoms with Gasteiger partial charge in [0.2, 0.25) is 0 Å². The average Bonchev–Trinajstić information content (AvgIpc) is 2.57. The monoisotopic (exact) mass is 414 g/mol. The van der Waals surface area contributed by atoms with Crippen LogP contribution in [0.15, 0.2) is 22.7 Å². The van der Waals surface area contributed by atoms with E-state index in [9.17, 15) is 18.8 Å². The smallest absolute Gasteiger partial charge is 0.339 e. The van der Waals surface area contributed by atoms with Crippen molar-refractivity contribution in [2.45, 2.75) is 38.6 Å². The molecule has 1 fully saturated rings. The number of halogens is 2. The van der Waals surface area contributed by atoms with E-state index in [1.54, 1.807) is 0 Å². The van der Waals surface area contributed by atoms with Gasteiger partial charge in [0.25, 0.3) is 5.91 Å². The number of carbonyl (C=O) groups excluding carboxylic acids is 3. The zero-order valence-corrected chi connectivity index (χ0v) is 15.4. The lowest BCUT2D eigenvalue weighted by atomic mass is 9.86. The van der Waals surface area contributed by atoms with Crippen molar-refractivity contribution in [2.75, 3.05) is 6.61 Å². The highest BCUT2D eigenvalue weighted by Crippen LogP contribution is 2.23. The summed E-state index contributed by atoms with van der Waals surface area (Å²) in [4.78, 5) is 35.4. The first-order valence-corrected chi connectivity index (χ1v) is 8.88. The summed E-state index contributed by atoms with van der Waals surface area (Å²) in [5.74, 6) is -1.84. The van der Waals surface area contributed by atoms with Crippen LogP contribution in [0, 0.1) is 11.7 Å². The van der Waals surface area contributed by atoms with Gasteiger partial charge in [-0.15, -0.1) is 0 Å². The van der Waals surface area contributed by atoms with Gasteiger partial charge in [0.1, 0.15) is 5.82 Å². The predicted octanol–water partition coefficient (Wildman–Crippen LogP) is 3.15. The fraction of sp³-hybridized carbons (Fsp3) is 0.471. The number of hydrogen-bond donors (Lipinski definition) is 2. The summed E-state index contributed by atoms with van der Waals surface area (Å²) in [5.41, 5.74) is -0.0340. The van der Waals surface area contributed by atoms with E-state index in [-0.39, 0.29) is 11.6 Å². The number of hydrogen-bond acceptors (Lipinski definition) is 4. The Morgan fingerprint density at radius 3 is 2.72 bits per heavy atom. The van der Waals surface area contributed by atoms with Crippen molar-refractivity contribution in [2.24, 2.45) is 5.92 Å². The molecule has 1 saturated carbocycles. The van der Waals surface area contributed by atoms with Crippen molar-refractivity contribution in [3.8, 4) is 0 Å². The molecule has 0 bridgehead atoms. The van der Waals surface area contributed by atoms with Crippen molar-refractivity contribution in [3.63, 3.8) is 0 Å². The number of imide groups is 1. The van der Waals surface area contributed by atoms with Gasteiger partial charge >= 0.3 is 12.0 Å². The molecule has 2 rings (SSSR count). The van der Waals surface area contributed by atoms with Crippen LogP contribution in [0.2, 0.25) is 0 Å². The lowest BCUT2D eigenvalue weighted by Crippen LogP contribution is -2.48. The molecule has 1 aromatic rings. The van der Waals surface area contributed by atoms with Crippen molar-refractivity contribution >= 4 is 33.8 Å². The summed E-state index contributed by atoms with van der Waals surface area (Å²) in [5, 5.41) is 4.90. The number of carbonyl (C=O) groups is 3. The molecule has 3 amide bonds. The highest BCUT2D eigenvalue weighted by Gasteiger charge is 2.23. The van der Waals surface area contributed by atoms with Crippen molar-refractivity contribution in [1.29, 1.82) is 0 Å². The second-order valence-corrected chi connectivity index (χ2v) is 6.94. The summed E-state index contributed by atoms with van der Waals surface area (Å²) in [7, 11) is 0. The Morgan fingerprint density at radius 2 is 2.00 bits per heavy atom. The molecule has 2 N–H and O–H groups in total. The average molecular weight is 415 g/mol. The molecule has 1 aliphatic carbocycles. The molecule has 6 nitrogen and oxygen atoms in total. The first kappa shape index (κ1) is 19.4. The Bertz CT molecular complexity index is 668. The molecule has 0 spiro atoms. The van der Waals surface area contributed by atoms with Crippen molar-refractivity contribution in [3.05, 3.63) is 34.1 Å². The maximum Gasteiger partial charge on any atom is 0.339 e. The maximum atomic E-state index is 13.2. The number of amides is 3. The minimum absolute atomic E-state index is 0.0340. The Hall–Kier alpha value is -1.96. The molecular weight excluding hydrogens is 395 g/mol. The third-order valence-corrected chi connectivity index (χ3v) is 4.86. The van der Waals surface area contributed by atoms with Crippen LogP contribution in [0.25, 0.3) is 0 Å². The van der Waals surface area contributed by atoms with E-state index in [1.807, 2.05) is 0 Å². The van der Waals surface area contributed by atoms with Gasteiger partial charge in [0.05, 0.1) is 5.56 Å². The molecule has 0 aromatic heterocycles. The Balaban J connectivity index is 1.79. The van der Waals surface area contributed by atoms with Gasteiger partial charge in [-0.05, 0) is 52.9 Å². The highest BCUT2D eigenvalue weighted by atomic mass is 79.9. The number of esters is 1. The van der Waals surface area contributed by atoms with E-state index in [4.69, 9.17) is 4.74 Å². The van der Waals surface area contributed by atoms with Crippen LogP contribution in [-0.4, -0.2) is 30.6 Å². The molecule has 1 aliphatic rings. The summed E-state index contributed by atoms with van der Waals surface area (Å²) in [6.45, 7) is 1.43. The number of benzene rings is 1. The first-order chi connectivity index (χ1) is 11.9. The van der Waals surface area contributed by atoms with Crippen LogP contribution < -0.4 is 10.6 Å². The number of urea groups is 1. The summed E-state index contributed by atoms with van der Waals surface area (Å²) < 4.78 is 18.3. The lowest BCUT2D eigenvalue weighted by Gasteiger charge is -2.29. The maximum absolute atomic E-state index is 13.2. The topological polar surface area (TPSA) is 84.5 Å². The molecule has 0 unspecified atom stereocenters. The van der Waals surface area contributed by atoms with E-state index in [1.165, 1.54) is 12.1 Å². The SMILES string of the molecule is C[C@@H]1CCCC[C@H]1NC(=O)NC(=O)COC(=O)c1cc(F)ccc1Br. The minimum atomic E-state index is -0.858. The predicted molar refractivity (Wildman–Crippen MR) is 92.5 cm³/mol. The molecule has 2 atom stereocenters. The normalized spacial score (nSPS) is 19.8. The molecule has 0 heterocycles. The van der Waals surface area contributed by atoms with Crippen LogP contribution in [0.4, 0.5) is 9.18 Å². The van der Waals surface area contributed by atoms with Gasteiger partial charge in [0.15, 0.2) is 6.61 Å². The van der Waals surface area contributed by atoms with Crippen molar-refractivity contribution < 1.29 is 23.5 Å². The minimum Gasteiger partial charge on any atom is -0.452 e. The molecule has 0 saturated heterocycles. The Kier molecular flexibility index (Phi) is 6.92. The summed E-state index contributed by atoms with van der Waals surface area (Å²) >= 11 is 3.11. The highest BCUT2D eigenvalue weighted by molar-refractivity contribution is 9.10. The number of nitrogens with one attached hydrogen (secondary N) is 2. The molecule has 136 valence electrons. The largest absolute Gasteiger partial charge is 0.452 e. The summed E-state index contributed by atoms with van der Waals surface area (Å²) in [6.07, 6.45) is 4.11. The molecule has 0 radical (unpaired) electrons. The molecule has 8 heteroatoms. The van der Waals surface area contributed by atoms with E-state index < -0.39 is 30.3 Å². The van der Waals surface area contributed by atoms with Crippen LogP contribution in [0.1, 0.15) is 43.0 Å². The lowest BCUT2D eigenvalue weighted by molar-refractivity contribution is -0.123. The summed E-state index contributed by atoms with van der Waals surface area (Å²) in [6, 6.07) is 2.98. The third kappa shape index (κ3) is 5.81. The Morgan fingerprint density at radius 1 is 1.28 bits per heavy atom. The van der Waals surface area contributed by atoms with Crippen molar-refractivity contribution in [1.82, 2.24) is 10.6 Å². The molecule has 25 heavy (non-hydrogen) atoms. The van der Waals surface area contributed by atoms with Crippen LogP contribution in [-0.2, 0) is 9.53 Å². The van der Waals surface area contributed by atoms with Crippen LogP contribution >= 0.6 is 15.9 Å². The van der Waals surface area contributed by atoms with E-state index >= 15 is 0 Å². The zero-order valence-electron chi connectivity index (χ0n) is 13.8. The van der Waals surface area contributed by atoms with E-state index in [0.717, 1.165) is 31.7 Å².